The van der Waals surface area contributed by atoms with E-state index in [1.165, 1.54) is 10.9 Å². The molecule has 0 saturated heterocycles. The van der Waals surface area contributed by atoms with Gasteiger partial charge in [-0.2, -0.15) is 0 Å². The SMILES string of the molecule is COc1cc(C=Nc2ccc(C)cc2)cc(Cl)c1OCc1cccc2ccccc12. The van der Waals surface area contributed by atoms with Crippen LogP contribution in [0.5, 0.6) is 11.5 Å². The minimum Gasteiger partial charge on any atom is -0.493 e. The van der Waals surface area contributed by atoms with Gasteiger partial charge in [-0.3, -0.25) is 4.99 Å². The van der Waals surface area contributed by atoms with Crippen LogP contribution in [0, 0.1) is 6.92 Å². The number of halogens is 1. The quantitative estimate of drug-likeness (QED) is 0.313. The lowest BCUT2D eigenvalue weighted by Crippen LogP contribution is -2.00. The molecule has 0 fully saturated rings. The van der Waals surface area contributed by atoms with Crippen molar-refractivity contribution in [3.05, 3.63) is 101 Å². The Morgan fingerprint density at radius 2 is 1.70 bits per heavy atom. The Kier molecular flexibility index (Phi) is 6.01. The summed E-state index contributed by atoms with van der Waals surface area (Å²) in [4.78, 5) is 4.51. The monoisotopic (exact) mass is 415 g/mol. The fraction of sp³-hybridized carbons (Fsp3) is 0.115. The summed E-state index contributed by atoms with van der Waals surface area (Å²) < 4.78 is 11.6. The van der Waals surface area contributed by atoms with Crippen LogP contribution in [0.3, 0.4) is 0 Å². The number of fused-ring (bicyclic) bond motifs is 1. The number of aryl methyl sites for hydroxylation is 1. The first-order valence-corrected chi connectivity index (χ1v) is 10.1. The molecule has 4 aromatic rings. The van der Waals surface area contributed by atoms with Crippen molar-refractivity contribution < 1.29 is 9.47 Å². The van der Waals surface area contributed by atoms with Gasteiger partial charge in [-0.05, 0) is 53.1 Å². The first-order valence-electron chi connectivity index (χ1n) is 9.72. The van der Waals surface area contributed by atoms with Crippen molar-refractivity contribution in [2.75, 3.05) is 7.11 Å². The predicted molar refractivity (Wildman–Crippen MR) is 125 cm³/mol. The molecule has 0 radical (unpaired) electrons. The van der Waals surface area contributed by atoms with Crippen molar-refractivity contribution in [1.82, 2.24) is 0 Å². The van der Waals surface area contributed by atoms with Crippen LogP contribution in [0.2, 0.25) is 5.02 Å². The van der Waals surface area contributed by atoms with Crippen molar-refractivity contribution in [1.29, 1.82) is 0 Å². The Labute approximate surface area is 181 Å². The van der Waals surface area contributed by atoms with Crippen molar-refractivity contribution in [2.45, 2.75) is 13.5 Å². The van der Waals surface area contributed by atoms with Gasteiger partial charge >= 0.3 is 0 Å². The van der Waals surface area contributed by atoms with Crippen molar-refractivity contribution >= 4 is 34.3 Å². The molecule has 0 unspecified atom stereocenters. The molecule has 4 aromatic carbocycles. The molecule has 0 N–H and O–H groups in total. The van der Waals surface area contributed by atoms with Gasteiger partial charge in [0.25, 0.3) is 0 Å². The number of aliphatic imine (C=N–C) groups is 1. The lowest BCUT2D eigenvalue weighted by molar-refractivity contribution is 0.286. The molecule has 0 aliphatic rings. The van der Waals surface area contributed by atoms with E-state index in [2.05, 4.69) is 36.2 Å². The average molecular weight is 416 g/mol. The number of hydrogen-bond donors (Lipinski definition) is 0. The Balaban J connectivity index is 1.57. The maximum Gasteiger partial charge on any atom is 0.180 e. The molecule has 0 aromatic heterocycles. The maximum absolute atomic E-state index is 6.53. The van der Waals surface area contributed by atoms with Gasteiger partial charge in [-0.1, -0.05) is 71.8 Å². The van der Waals surface area contributed by atoms with E-state index in [1.807, 2.05) is 54.6 Å². The Morgan fingerprint density at radius 3 is 2.50 bits per heavy atom. The molecule has 0 heterocycles. The molecule has 0 amide bonds. The molecule has 0 spiro atoms. The van der Waals surface area contributed by atoms with E-state index in [4.69, 9.17) is 21.1 Å². The van der Waals surface area contributed by atoms with Crippen LogP contribution in [0.15, 0.2) is 83.9 Å². The second-order valence-corrected chi connectivity index (χ2v) is 7.46. The molecule has 0 saturated carbocycles. The van der Waals surface area contributed by atoms with Gasteiger partial charge in [0, 0.05) is 6.21 Å². The second kappa shape index (κ2) is 9.02. The summed E-state index contributed by atoms with van der Waals surface area (Å²) >= 11 is 6.53. The van der Waals surface area contributed by atoms with Crippen LogP contribution in [0.1, 0.15) is 16.7 Å². The van der Waals surface area contributed by atoms with Crippen LogP contribution >= 0.6 is 11.6 Å². The number of benzene rings is 4. The molecule has 0 atom stereocenters. The normalized spacial score (nSPS) is 11.2. The Morgan fingerprint density at radius 1 is 0.933 bits per heavy atom. The zero-order valence-electron chi connectivity index (χ0n) is 16.9. The van der Waals surface area contributed by atoms with E-state index in [0.717, 1.165) is 22.2 Å². The largest absolute Gasteiger partial charge is 0.493 e. The van der Waals surface area contributed by atoms with E-state index in [-0.39, 0.29) is 0 Å². The van der Waals surface area contributed by atoms with E-state index in [1.54, 1.807) is 13.3 Å². The molecular weight excluding hydrogens is 394 g/mol. The summed E-state index contributed by atoms with van der Waals surface area (Å²) in [6, 6.07) is 26.2. The maximum atomic E-state index is 6.53. The first kappa shape index (κ1) is 20.0. The number of hydrogen-bond acceptors (Lipinski definition) is 3. The predicted octanol–water partition coefficient (Wildman–Crippen LogP) is 7.14. The molecular formula is C26H22ClNO2. The third kappa shape index (κ3) is 4.47. The molecule has 3 nitrogen and oxygen atoms in total. The first-order chi connectivity index (χ1) is 14.6. The number of rotatable bonds is 6. The average Bonchev–Trinajstić information content (AvgIpc) is 2.77. The molecule has 30 heavy (non-hydrogen) atoms. The van der Waals surface area contributed by atoms with Crippen molar-refractivity contribution in [3.63, 3.8) is 0 Å². The van der Waals surface area contributed by atoms with Crippen LogP contribution in [-0.2, 0) is 6.61 Å². The molecule has 0 bridgehead atoms. The summed E-state index contributed by atoms with van der Waals surface area (Å²) in [5, 5.41) is 2.83. The molecule has 4 heteroatoms. The standard InChI is InChI=1S/C26H22ClNO2/c1-18-10-12-22(13-11-18)28-16-19-14-24(27)26(25(15-19)29-2)30-17-21-8-5-7-20-6-3-4-9-23(20)21/h3-16H,17H2,1-2H3. The minimum atomic E-state index is 0.397. The highest BCUT2D eigenvalue weighted by molar-refractivity contribution is 6.32. The lowest BCUT2D eigenvalue weighted by Gasteiger charge is -2.14. The highest BCUT2D eigenvalue weighted by Crippen LogP contribution is 2.37. The zero-order valence-corrected chi connectivity index (χ0v) is 17.7. The van der Waals surface area contributed by atoms with Gasteiger partial charge in [-0.15, -0.1) is 0 Å². The highest BCUT2D eigenvalue weighted by atomic mass is 35.5. The smallest absolute Gasteiger partial charge is 0.180 e. The van der Waals surface area contributed by atoms with Gasteiger partial charge in [0.15, 0.2) is 11.5 Å². The summed E-state index contributed by atoms with van der Waals surface area (Å²) in [7, 11) is 1.61. The molecule has 0 aliphatic carbocycles. The van der Waals surface area contributed by atoms with Crippen molar-refractivity contribution in [2.24, 2.45) is 4.99 Å². The molecule has 4 rings (SSSR count). The van der Waals surface area contributed by atoms with Gasteiger partial charge in [0.2, 0.25) is 0 Å². The summed E-state index contributed by atoms with van der Waals surface area (Å²) in [5.74, 6) is 1.10. The Hall–Kier alpha value is -3.30. The molecule has 150 valence electrons. The second-order valence-electron chi connectivity index (χ2n) is 7.05. The number of nitrogens with zero attached hydrogens (tertiary/aromatic N) is 1. The van der Waals surface area contributed by atoms with E-state index in [9.17, 15) is 0 Å². The minimum absolute atomic E-state index is 0.397. The van der Waals surface area contributed by atoms with Gasteiger partial charge < -0.3 is 9.47 Å². The topological polar surface area (TPSA) is 30.8 Å². The Bertz CT molecular complexity index is 1190. The lowest BCUT2D eigenvalue weighted by atomic mass is 10.1. The third-order valence-corrected chi connectivity index (χ3v) is 5.18. The number of ether oxygens (including phenoxy) is 2. The third-order valence-electron chi connectivity index (χ3n) is 4.90. The van der Waals surface area contributed by atoms with Crippen LogP contribution in [0.4, 0.5) is 5.69 Å². The summed E-state index contributed by atoms with van der Waals surface area (Å²) in [6.07, 6.45) is 1.77. The van der Waals surface area contributed by atoms with Gasteiger partial charge in [0.1, 0.15) is 6.61 Å². The van der Waals surface area contributed by atoms with Crippen LogP contribution < -0.4 is 9.47 Å². The fourth-order valence-corrected chi connectivity index (χ4v) is 3.58. The van der Waals surface area contributed by atoms with Crippen molar-refractivity contribution in [3.8, 4) is 11.5 Å². The zero-order chi connectivity index (χ0) is 20.9. The van der Waals surface area contributed by atoms with E-state index < -0.39 is 0 Å². The van der Waals surface area contributed by atoms with Crippen LogP contribution in [0.25, 0.3) is 10.8 Å². The summed E-state index contributed by atoms with van der Waals surface area (Å²) in [5.41, 5.74) is 4.02. The van der Waals surface area contributed by atoms with Gasteiger partial charge in [0.05, 0.1) is 17.8 Å². The number of methoxy groups -OCH3 is 1. The molecule has 0 aliphatic heterocycles. The van der Waals surface area contributed by atoms with Crippen LogP contribution in [-0.4, -0.2) is 13.3 Å². The summed E-state index contributed by atoms with van der Waals surface area (Å²) in [6.45, 7) is 2.45. The van der Waals surface area contributed by atoms with Gasteiger partial charge in [-0.25, -0.2) is 0 Å². The fourth-order valence-electron chi connectivity index (χ4n) is 3.30. The highest BCUT2D eigenvalue weighted by Gasteiger charge is 2.12. The van der Waals surface area contributed by atoms with E-state index >= 15 is 0 Å². The van der Waals surface area contributed by atoms with E-state index in [0.29, 0.717) is 23.1 Å².